The Balaban J connectivity index is 1.86. The molecule has 2 aromatic heterocycles. The highest BCUT2D eigenvalue weighted by Gasteiger charge is 2.13. The second-order valence-corrected chi connectivity index (χ2v) is 6.19. The molecule has 20 heavy (non-hydrogen) atoms. The number of ether oxygens (including phenoxy) is 1. The van der Waals surface area contributed by atoms with Gasteiger partial charge in [-0.05, 0) is 12.1 Å². The van der Waals surface area contributed by atoms with Gasteiger partial charge in [0.1, 0.15) is 5.01 Å². The number of hydrogen-bond donors (Lipinski definition) is 0. The van der Waals surface area contributed by atoms with Crippen LogP contribution < -0.4 is 0 Å². The molecule has 0 bridgehead atoms. The summed E-state index contributed by atoms with van der Waals surface area (Å²) in [5.41, 5.74) is 1.93. The summed E-state index contributed by atoms with van der Waals surface area (Å²) in [6.45, 7) is 1.87. The minimum absolute atomic E-state index is 0.0844. The SMILES string of the molecule is COC(=O)C(C)CSCc1csc(-c2ccccn2)n1. The molecule has 2 aromatic rings. The molecular formula is C14H16N2O2S2. The number of carbonyl (C=O) groups excluding carboxylic acids is 1. The summed E-state index contributed by atoms with van der Waals surface area (Å²) >= 11 is 3.28. The van der Waals surface area contributed by atoms with E-state index in [2.05, 4.69) is 9.97 Å². The first-order valence-electron chi connectivity index (χ1n) is 6.22. The lowest BCUT2D eigenvalue weighted by Gasteiger charge is -2.07. The minimum atomic E-state index is -0.162. The number of aromatic nitrogens is 2. The highest BCUT2D eigenvalue weighted by molar-refractivity contribution is 7.98. The van der Waals surface area contributed by atoms with E-state index in [9.17, 15) is 4.79 Å². The van der Waals surface area contributed by atoms with Gasteiger partial charge in [-0.2, -0.15) is 11.8 Å². The van der Waals surface area contributed by atoms with Crippen LogP contribution in [-0.4, -0.2) is 28.8 Å². The monoisotopic (exact) mass is 308 g/mol. The molecule has 1 unspecified atom stereocenters. The van der Waals surface area contributed by atoms with Crippen molar-refractivity contribution in [2.24, 2.45) is 5.92 Å². The molecule has 0 N–H and O–H groups in total. The van der Waals surface area contributed by atoms with Crippen LogP contribution in [0.2, 0.25) is 0 Å². The maximum atomic E-state index is 11.3. The van der Waals surface area contributed by atoms with Gasteiger partial charge in [0.15, 0.2) is 0 Å². The number of thiazole rings is 1. The van der Waals surface area contributed by atoms with Crippen molar-refractivity contribution in [3.05, 3.63) is 35.5 Å². The fourth-order valence-electron chi connectivity index (χ4n) is 1.59. The molecule has 106 valence electrons. The lowest BCUT2D eigenvalue weighted by atomic mass is 10.2. The zero-order valence-electron chi connectivity index (χ0n) is 11.4. The number of pyridine rings is 1. The van der Waals surface area contributed by atoms with Crippen molar-refractivity contribution in [2.45, 2.75) is 12.7 Å². The van der Waals surface area contributed by atoms with Crippen LogP contribution in [0.25, 0.3) is 10.7 Å². The number of esters is 1. The van der Waals surface area contributed by atoms with Crippen LogP contribution in [0.3, 0.4) is 0 Å². The van der Waals surface area contributed by atoms with Crippen molar-refractivity contribution in [3.8, 4) is 10.7 Å². The third-order valence-corrected chi connectivity index (χ3v) is 4.81. The highest BCUT2D eigenvalue weighted by Crippen LogP contribution is 2.24. The molecule has 0 saturated heterocycles. The third kappa shape index (κ3) is 4.05. The zero-order chi connectivity index (χ0) is 14.4. The van der Waals surface area contributed by atoms with Crippen LogP contribution in [0.4, 0.5) is 0 Å². The summed E-state index contributed by atoms with van der Waals surface area (Å²) in [7, 11) is 1.42. The number of thioether (sulfide) groups is 1. The summed E-state index contributed by atoms with van der Waals surface area (Å²) in [4.78, 5) is 20.1. The largest absolute Gasteiger partial charge is 0.469 e. The molecule has 4 nitrogen and oxygen atoms in total. The molecule has 2 heterocycles. The Labute approximate surface area is 126 Å². The van der Waals surface area contributed by atoms with Gasteiger partial charge in [-0.3, -0.25) is 9.78 Å². The Morgan fingerprint density at radius 3 is 3.05 bits per heavy atom. The first-order chi connectivity index (χ1) is 9.70. The lowest BCUT2D eigenvalue weighted by Crippen LogP contribution is -2.14. The van der Waals surface area contributed by atoms with Crippen LogP contribution in [0.15, 0.2) is 29.8 Å². The molecule has 6 heteroatoms. The number of carbonyl (C=O) groups is 1. The van der Waals surface area contributed by atoms with Crippen LogP contribution in [0.5, 0.6) is 0 Å². The fourth-order valence-corrected chi connectivity index (χ4v) is 3.45. The van der Waals surface area contributed by atoms with Crippen LogP contribution >= 0.6 is 23.1 Å². The maximum Gasteiger partial charge on any atom is 0.309 e. The fraction of sp³-hybridized carbons (Fsp3) is 0.357. The molecule has 0 amide bonds. The Morgan fingerprint density at radius 1 is 1.50 bits per heavy atom. The number of methoxy groups -OCH3 is 1. The lowest BCUT2D eigenvalue weighted by molar-refractivity contribution is -0.143. The van der Waals surface area contributed by atoms with E-state index in [-0.39, 0.29) is 11.9 Å². The average Bonchev–Trinajstić information content (AvgIpc) is 2.96. The average molecular weight is 308 g/mol. The Bertz CT molecular complexity index is 557. The van der Waals surface area contributed by atoms with Gasteiger partial charge >= 0.3 is 5.97 Å². The van der Waals surface area contributed by atoms with Crippen molar-refractivity contribution < 1.29 is 9.53 Å². The van der Waals surface area contributed by atoms with E-state index in [4.69, 9.17) is 4.74 Å². The highest BCUT2D eigenvalue weighted by atomic mass is 32.2. The van der Waals surface area contributed by atoms with E-state index < -0.39 is 0 Å². The first kappa shape index (κ1) is 15.0. The summed E-state index contributed by atoms with van der Waals surface area (Å²) < 4.78 is 4.70. The minimum Gasteiger partial charge on any atom is -0.469 e. The summed E-state index contributed by atoms with van der Waals surface area (Å²) in [5, 5.41) is 2.97. The van der Waals surface area contributed by atoms with Crippen molar-refractivity contribution >= 4 is 29.1 Å². The van der Waals surface area contributed by atoms with Crippen molar-refractivity contribution in [1.82, 2.24) is 9.97 Å². The smallest absolute Gasteiger partial charge is 0.309 e. The van der Waals surface area contributed by atoms with E-state index in [1.54, 1.807) is 29.3 Å². The Kier molecular flexibility index (Phi) is 5.55. The quantitative estimate of drug-likeness (QED) is 0.767. The molecule has 0 aliphatic heterocycles. The van der Waals surface area contributed by atoms with Crippen LogP contribution in [-0.2, 0) is 15.3 Å². The van der Waals surface area contributed by atoms with Gasteiger partial charge in [-0.1, -0.05) is 13.0 Å². The number of hydrogen-bond acceptors (Lipinski definition) is 6. The van der Waals surface area contributed by atoms with Gasteiger partial charge in [0.25, 0.3) is 0 Å². The standard InChI is InChI=1S/C14H16N2O2S2/c1-10(14(17)18-2)7-19-8-11-9-20-13(16-11)12-5-3-4-6-15-12/h3-6,9-10H,7-8H2,1-2H3. The van der Waals surface area contributed by atoms with Crippen molar-refractivity contribution in [2.75, 3.05) is 12.9 Å². The Hall–Kier alpha value is -1.40. The van der Waals surface area contributed by atoms with E-state index >= 15 is 0 Å². The van der Waals surface area contributed by atoms with Gasteiger partial charge < -0.3 is 4.74 Å². The molecule has 0 fully saturated rings. The number of rotatable bonds is 6. The van der Waals surface area contributed by atoms with E-state index in [1.807, 2.05) is 30.5 Å². The second kappa shape index (κ2) is 7.40. The normalized spacial score (nSPS) is 12.1. The molecule has 2 rings (SSSR count). The summed E-state index contributed by atoms with van der Waals surface area (Å²) in [6, 6.07) is 5.80. The number of nitrogens with zero attached hydrogens (tertiary/aromatic N) is 2. The van der Waals surface area contributed by atoms with Crippen molar-refractivity contribution in [3.63, 3.8) is 0 Å². The predicted molar refractivity (Wildman–Crippen MR) is 82.7 cm³/mol. The van der Waals surface area contributed by atoms with Gasteiger partial charge in [0, 0.05) is 23.1 Å². The van der Waals surface area contributed by atoms with Gasteiger partial charge in [0.2, 0.25) is 0 Å². The topological polar surface area (TPSA) is 52.1 Å². The second-order valence-electron chi connectivity index (χ2n) is 4.30. The first-order valence-corrected chi connectivity index (χ1v) is 8.25. The van der Waals surface area contributed by atoms with E-state index in [0.29, 0.717) is 0 Å². The molecule has 0 aliphatic carbocycles. The molecule has 0 saturated carbocycles. The van der Waals surface area contributed by atoms with Crippen LogP contribution in [0, 0.1) is 5.92 Å². The van der Waals surface area contributed by atoms with Gasteiger partial charge in [-0.25, -0.2) is 4.98 Å². The predicted octanol–water partition coefficient (Wildman–Crippen LogP) is 3.25. The Morgan fingerprint density at radius 2 is 2.35 bits per heavy atom. The van der Waals surface area contributed by atoms with Gasteiger partial charge in [0.05, 0.1) is 24.4 Å². The zero-order valence-corrected chi connectivity index (χ0v) is 13.0. The molecule has 1 atom stereocenters. The van der Waals surface area contributed by atoms with E-state index in [0.717, 1.165) is 27.9 Å². The summed E-state index contributed by atoms with van der Waals surface area (Å²) in [6.07, 6.45) is 1.77. The van der Waals surface area contributed by atoms with Gasteiger partial charge in [-0.15, -0.1) is 11.3 Å². The molecule has 0 aliphatic rings. The molecule has 0 aromatic carbocycles. The summed E-state index contributed by atoms with van der Waals surface area (Å²) in [5.74, 6) is 1.29. The molecule has 0 spiro atoms. The van der Waals surface area contributed by atoms with Crippen LogP contribution in [0.1, 0.15) is 12.6 Å². The maximum absolute atomic E-state index is 11.3. The third-order valence-electron chi connectivity index (χ3n) is 2.66. The van der Waals surface area contributed by atoms with Crippen molar-refractivity contribution in [1.29, 1.82) is 0 Å². The molecular weight excluding hydrogens is 292 g/mol. The van der Waals surface area contributed by atoms with E-state index in [1.165, 1.54) is 7.11 Å². The molecule has 0 radical (unpaired) electrons.